The van der Waals surface area contributed by atoms with E-state index in [9.17, 15) is 61.5 Å². The number of hydrogen-bond acceptors (Lipinski definition) is 10. The number of benzene rings is 7. The van der Waals surface area contributed by atoms with E-state index in [-0.39, 0.29) is 87.4 Å². The van der Waals surface area contributed by atoms with E-state index >= 15 is 0 Å². The largest absolute Gasteiger partial charge is 0.490 e. The maximum Gasteiger partial charge on any atom is 0.132 e. The van der Waals surface area contributed by atoms with Gasteiger partial charge in [-0.25, -0.2) is 61.5 Å². The van der Waals surface area contributed by atoms with Gasteiger partial charge >= 0.3 is 0 Å². The molecule has 0 spiro atoms. The predicted octanol–water partition coefficient (Wildman–Crippen LogP) is 27.0. The minimum Gasteiger partial charge on any atom is -0.490 e. The van der Waals surface area contributed by atoms with Crippen LogP contribution in [0.4, 0.5) is 72.8 Å². The van der Waals surface area contributed by atoms with Crippen LogP contribution >= 0.6 is 0 Å². The Kier molecular flexibility index (Phi) is 41.9. The molecule has 718 valence electrons. The van der Waals surface area contributed by atoms with Crippen LogP contribution in [-0.4, -0.2) is 111 Å². The molecule has 0 unspecified atom stereocenters. The van der Waals surface area contributed by atoms with Crippen molar-refractivity contribution in [1.82, 2.24) is 10.6 Å². The first-order chi connectivity index (χ1) is 60.7. The number of rotatable bonds is 27. The lowest BCUT2D eigenvalue weighted by Crippen LogP contribution is -2.53. The minimum atomic E-state index is -0.554. The van der Waals surface area contributed by atoms with Crippen molar-refractivity contribution in [3.8, 4) is 11.5 Å². The molecule has 5 saturated carbocycles. The molecule has 7 fully saturated rings. The van der Waals surface area contributed by atoms with Crippen molar-refractivity contribution in [3.63, 3.8) is 0 Å². The summed E-state index contributed by atoms with van der Waals surface area (Å²) in [6.07, 6.45) is 20.9. The molecule has 7 aromatic rings. The zero-order valence-electron chi connectivity index (χ0n) is 80.0. The van der Waals surface area contributed by atoms with Crippen LogP contribution in [0.1, 0.15) is 255 Å². The van der Waals surface area contributed by atoms with Crippen LogP contribution in [0.15, 0.2) is 84.9 Å². The van der Waals surface area contributed by atoms with Crippen LogP contribution < -0.4 is 29.9 Å². The SMILES string of the molecule is Cc1c(F)cc(CC2CC(OC(C)C)C2)cc1F.Cc1c(F)cc(CC2CCC(OC(C)C)CC2)cc1F.Cc1c(F)cc(CCC2CC(OC(C)C)C2)cc1F.Cc1c(F)cc(N2CC(CC(C)C)C2)cc1F.Cc1c(F)cc(N2CC(OC(C)C)C2)cc1F.Cc1c(F)cc(OC2CC(NC(C)C)C2)cc1F.Cc1c(F)cc(OC2CCC(NC(C)C)CC2)cc1F. The summed E-state index contributed by atoms with van der Waals surface area (Å²) in [6, 6.07) is 21.4. The lowest BCUT2D eigenvalue weighted by atomic mass is 9.78. The predicted molar refractivity (Wildman–Crippen MR) is 489 cm³/mol. The van der Waals surface area contributed by atoms with Gasteiger partial charge in [0.05, 0.1) is 54.9 Å². The van der Waals surface area contributed by atoms with Crippen LogP contribution in [0, 0.1) is 159 Å². The van der Waals surface area contributed by atoms with E-state index in [4.69, 9.17) is 28.4 Å². The van der Waals surface area contributed by atoms with Crippen LogP contribution in [0.25, 0.3) is 0 Å². The van der Waals surface area contributed by atoms with Gasteiger partial charge in [-0.05, 0) is 333 Å². The molecule has 2 N–H and O–H groups in total. The van der Waals surface area contributed by atoms with Gasteiger partial charge in [0.25, 0.3) is 0 Å². The lowest BCUT2D eigenvalue weighted by Gasteiger charge is -2.42. The number of nitrogens with one attached hydrogen (secondary N) is 2. The van der Waals surface area contributed by atoms with Gasteiger partial charge in [0.15, 0.2) is 0 Å². The summed E-state index contributed by atoms with van der Waals surface area (Å²) in [6.45, 7) is 42.5. The third-order valence-corrected chi connectivity index (χ3v) is 24.8. The maximum atomic E-state index is 13.5. The topological polar surface area (TPSA) is 85.9 Å². The van der Waals surface area contributed by atoms with Crippen LogP contribution in [0.3, 0.4) is 0 Å². The van der Waals surface area contributed by atoms with E-state index < -0.39 is 81.4 Å². The van der Waals surface area contributed by atoms with Crippen molar-refractivity contribution in [3.05, 3.63) is 222 Å². The minimum absolute atomic E-state index is 0.0373. The lowest BCUT2D eigenvalue weighted by molar-refractivity contribution is -0.0633. The van der Waals surface area contributed by atoms with Gasteiger partial charge in [-0.3, -0.25) is 0 Å². The smallest absolute Gasteiger partial charge is 0.132 e. The molecule has 7 aromatic carbocycles. The first-order valence-corrected chi connectivity index (χ1v) is 46.8. The summed E-state index contributed by atoms with van der Waals surface area (Å²) >= 11 is 0. The van der Waals surface area contributed by atoms with Crippen molar-refractivity contribution in [2.75, 3.05) is 36.0 Å². The molecule has 10 nitrogen and oxygen atoms in total. The van der Waals surface area contributed by atoms with Gasteiger partial charge < -0.3 is 48.9 Å². The van der Waals surface area contributed by atoms with Crippen LogP contribution in [0.2, 0.25) is 0 Å². The third kappa shape index (κ3) is 34.5. The molecule has 7 aliphatic rings. The molecule has 0 bridgehead atoms. The summed E-state index contributed by atoms with van der Waals surface area (Å²) < 4.78 is 222. The first kappa shape index (κ1) is 107. The maximum absolute atomic E-state index is 13.5. The Morgan fingerprint density at radius 3 is 0.938 bits per heavy atom. The summed E-state index contributed by atoms with van der Waals surface area (Å²) in [4.78, 5) is 3.96. The van der Waals surface area contributed by atoms with E-state index in [1.54, 1.807) is 0 Å². The number of hydrogen-bond donors (Lipinski definition) is 2. The summed E-state index contributed by atoms with van der Waals surface area (Å²) in [5.74, 6) is -3.14. The Balaban J connectivity index is 0.000000186. The second-order valence-corrected chi connectivity index (χ2v) is 39.0. The second-order valence-electron chi connectivity index (χ2n) is 39.0. The van der Waals surface area contributed by atoms with E-state index in [0.717, 1.165) is 145 Å². The quantitative estimate of drug-likeness (QED) is 0.0486. The highest BCUT2D eigenvalue weighted by Crippen LogP contribution is 2.39. The molecule has 129 heavy (non-hydrogen) atoms. The molecule has 0 aromatic heterocycles. The highest BCUT2D eigenvalue weighted by molar-refractivity contribution is 5.52. The van der Waals surface area contributed by atoms with E-state index in [1.807, 2.05) is 51.3 Å². The molecule has 2 aliphatic heterocycles. The third-order valence-electron chi connectivity index (χ3n) is 24.8. The van der Waals surface area contributed by atoms with E-state index in [1.165, 1.54) is 140 Å². The Bertz CT molecular complexity index is 4230. The number of aryl methyl sites for hydroxylation is 1. The Morgan fingerprint density at radius 1 is 0.287 bits per heavy atom. The van der Waals surface area contributed by atoms with Crippen molar-refractivity contribution in [2.45, 2.75) is 353 Å². The zero-order chi connectivity index (χ0) is 95.1. The average molecular weight is 1820 g/mol. The average Bonchev–Trinajstić information content (AvgIpc) is 0.795. The highest BCUT2D eigenvalue weighted by atomic mass is 19.2. The van der Waals surface area contributed by atoms with E-state index in [0.29, 0.717) is 102 Å². The zero-order valence-corrected chi connectivity index (χ0v) is 80.0. The van der Waals surface area contributed by atoms with Gasteiger partial charge in [-0.1, -0.05) is 41.5 Å². The second kappa shape index (κ2) is 50.6. The summed E-state index contributed by atoms with van der Waals surface area (Å²) in [5, 5.41) is 6.91. The van der Waals surface area contributed by atoms with Gasteiger partial charge in [-0.2, -0.15) is 0 Å². The number of halogens is 14. The molecule has 0 atom stereocenters. The molecule has 2 heterocycles. The Hall–Kier alpha value is -7.48. The van der Waals surface area contributed by atoms with Crippen molar-refractivity contribution in [2.24, 2.45) is 29.6 Å². The molecule has 14 rings (SSSR count). The van der Waals surface area contributed by atoms with Crippen LogP contribution in [-0.2, 0) is 38.2 Å². The Labute approximate surface area is 759 Å². The molecular formula is C105H144F14N4O6. The molecule has 0 amide bonds. The van der Waals surface area contributed by atoms with Gasteiger partial charge in [0.2, 0.25) is 0 Å². The monoisotopic (exact) mass is 1820 g/mol. The van der Waals surface area contributed by atoms with Crippen LogP contribution in [0.5, 0.6) is 11.5 Å². The fourth-order valence-electron chi connectivity index (χ4n) is 17.3. The standard InChI is InChI=1S/C17H24F2O.C16H23F2NO.C16H22F2O.C15H20F2O.C14H19F2NO.C14H19F2N.C13H17F2NO/c1-11(2)20-15-6-4-13(5-7-15)8-14-9-16(18)12(3)17(19)10-14;1-10(2)19-12-4-6-13(7-5-12)20-14-8-15(17)11(3)16(18)9-14;1-10(2)19-14-6-12(7-14)4-5-13-8-15(17)11(3)16(18)9-13;1-9(2)18-13-5-11(6-13)4-12-7-14(16)10(3)15(17)8-12;1-8(2)17-10-4-11(5-10)18-12-6-13(15)9(3)14(16)7-12;1-9(2)4-11-7-17(8-11)12-5-13(15)10(3)14(16)6-12;1-8(2)17-11-6-16(7-11)10-4-12(14)9(3)13(15)5-10/h9-11,13,15H,4-8H2,1-3H3;8-10,12-13,19H,4-7H2,1-3H3;8-10,12,14H,4-7H2,1-3H3;7-9,11,13H,4-6H2,1-3H3;6-8,10-11,17H,4-5H2,1-3H3;5-6,9,11H,4,7-8H2,1-3H3;4-5,8,11H,6-7H2,1-3H3. The molecule has 5 aliphatic carbocycles. The fourth-order valence-corrected chi connectivity index (χ4v) is 17.3. The number of nitrogens with zero attached hydrogens (tertiary/aromatic N) is 2. The van der Waals surface area contributed by atoms with Gasteiger partial charge in [-0.15, -0.1) is 0 Å². The number of ether oxygens (including phenoxy) is 6. The van der Waals surface area contributed by atoms with Crippen molar-refractivity contribution >= 4 is 11.4 Å². The van der Waals surface area contributed by atoms with E-state index in [2.05, 4.69) is 66.0 Å². The fraction of sp³-hybridized carbons (Fsp3) is 0.600. The first-order valence-electron chi connectivity index (χ1n) is 46.8. The molecule has 2 saturated heterocycles. The highest BCUT2D eigenvalue weighted by Gasteiger charge is 2.36. The van der Waals surface area contributed by atoms with Gasteiger partial charge in [0, 0.05) is 125 Å². The molecule has 0 radical (unpaired) electrons. The van der Waals surface area contributed by atoms with Gasteiger partial charge in [0.1, 0.15) is 99.0 Å². The Morgan fingerprint density at radius 2 is 0.581 bits per heavy atom. The van der Waals surface area contributed by atoms with Crippen molar-refractivity contribution < 1.29 is 89.9 Å². The molecular weight excluding hydrogens is 1680 g/mol. The summed E-state index contributed by atoms with van der Waals surface area (Å²) in [5.41, 5.74) is 4.14. The normalized spacial score (nSPS) is 21.3. The summed E-state index contributed by atoms with van der Waals surface area (Å²) in [7, 11) is 0. The van der Waals surface area contributed by atoms with Crippen molar-refractivity contribution in [1.29, 1.82) is 0 Å². The molecule has 24 heteroatoms. The number of anilines is 2.